The molecule has 7 nitrogen and oxygen atoms in total. The molecule has 3 aromatic heterocycles. The highest BCUT2D eigenvalue weighted by Crippen LogP contribution is 2.39. The Labute approximate surface area is 182 Å². The molecule has 3 heterocycles. The van der Waals surface area contributed by atoms with E-state index in [2.05, 4.69) is 61.1 Å². The number of benzene rings is 2. The van der Waals surface area contributed by atoms with Crippen molar-refractivity contribution in [3.05, 3.63) is 72.0 Å². The Bertz CT molecular complexity index is 1380. The number of aromatic amines is 1. The number of thioether (sulfide) groups is 1. The molecule has 8 heteroatoms. The average Bonchev–Trinajstić information content (AvgIpc) is 3.20. The molecular formula is C23H20N6OS. The van der Waals surface area contributed by atoms with Gasteiger partial charge in [0.2, 0.25) is 5.89 Å². The molecule has 1 N–H and O–H groups in total. The van der Waals surface area contributed by atoms with E-state index in [4.69, 9.17) is 4.52 Å². The zero-order valence-electron chi connectivity index (χ0n) is 16.9. The van der Waals surface area contributed by atoms with E-state index in [9.17, 15) is 0 Å². The fraction of sp³-hybridized carbons (Fsp3) is 0.217. The van der Waals surface area contributed by atoms with Gasteiger partial charge in [-0.25, -0.2) is 0 Å². The highest BCUT2D eigenvalue weighted by Gasteiger charge is 2.29. The van der Waals surface area contributed by atoms with Gasteiger partial charge in [-0.1, -0.05) is 53.3 Å². The van der Waals surface area contributed by atoms with E-state index in [1.54, 1.807) is 11.8 Å². The number of para-hydroxylation sites is 2. The Morgan fingerprint density at radius 2 is 1.94 bits per heavy atom. The highest BCUT2D eigenvalue weighted by molar-refractivity contribution is 7.98. The van der Waals surface area contributed by atoms with Crippen LogP contribution in [-0.2, 0) is 5.75 Å². The molecule has 0 saturated heterocycles. The first kappa shape index (κ1) is 18.4. The number of H-pyrrole nitrogens is 1. The van der Waals surface area contributed by atoms with Crippen molar-refractivity contribution in [2.24, 2.45) is 0 Å². The van der Waals surface area contributed by atoms with Gasteiger partial charge >= 0.3 is 0 Å². The number of hydrogen-bond acceptors (Lipinski definition) is 6. The summed E-state index contributed by atoms with van der Waals surface area (Å²) in [5, 5.41) is 15.2. The molecule has 1 aliphatic rings. The monoisotopic (exact) mass is 428 g/mol. The third kappa shape index (κ3) is 3.33. The summed E-state index contributed by atoms with van der Waals surface area (Å²) in [6, 6.07) is 16.5. The third-order valence-electron chi connectivity index (χ3n) is 5.56. The van der Waals surface area contributed by atoms with E-state index >= 15 is 0 Å². The molecule has 2 aromatic carbocycles. The van der Waals surface area contributed by atoms with Gasteiger partial charge in [-0.05, 0) is 37.5 Å². The van der Waals surface area contributed by atoms with Crippen LogP contribution in [0.25, 0.3) is 28.0 Å². The van der Waals surface area contributed by atoms with Crippen LogP contribution in [0.15, 0.2) is 64.4 Å². The maximum absolute atomic E-state index is 5.40. The zero-order chi connectivity index (χ0) is 20.8. The van der Waals surface area contributed by atoms with Crippen LogP contribution in [0, 0.1) is 6.92 Å². The van der Waals surface area contributed by atoms with Gasteiger partial charge in [-0.15, -0.1) is 10.2 Å². The van der Waals surface area contributed by atoms with E-state index in [0.717, 1.165) is 57.4 Å². The van der Waals surface area contributed by atoms with E-state index in [0.29, 0.717) is 17.5 Å². The Hall–Kier alpha value is -3.39. The zero-order valence-corrected chi connectivity index (χ0v) is 17.8. The minimum atomic E-state index is 0.454. The minimum Gasteiger partial charge on any atom is -0.360 e. The van der Waals surface area contributed by atoms with Gasteiger partial charge in [-0.3, -0.25) is 4.57 Å². The molecule has 0 unspecified atom stereocenters. The molecule has 0 bridgehead atoms. The van der Waals surface area contributed by atoms with Gasteiger partial charge < -0.3 is 9.51 Å². The van der Waals surface area contributed by atoms with Gasteiger partial charge in [0.25, 0.3) is 0 Å². The fourth-order valence-corrected chi connectivity index (χ4v) is 4.57. The van der Waals surface area contributed by atoms with Crippen molar-refractivity contribution >= 4 is 22.7 Å². The van der Waals surface area contributed by atoms with Crippen molar-refractivity contribution in [3.8, 4) is 17.1 Å². The smallest absolute Gasteiger partial charge is 0.229 e. The molecule has 0 radical (unpaired) electrons. The number of rotatable bonds is 6. The quantitative estimate of drug-likeness (QED) is 0.371. The first-order valence-electron chi connectivity index (χ1n) is 10.3. The molecule has 31 heavy (non-hydrogen) atoms. The molecule has 0 amide bonds. The lowest BCUT2D eigenvalue weighted by Gasteiger charge is -2.12. The molecule has 6 rings (SSSR count). The van der Waals surface area contributed by atoms with E-state index < -0.39 is 0 Å². The van der Waals surface area contributed by atoms with E-state index in [1.165, 1.54) is 0 Å². The van der Waals surface area contributed by atoms with Gasteiger partial charge in [0.15, 0.2) is 16.8 Å². The molecule has 0 spiro atoms. The number of nitrogens with one attached hydrogen (secondary N) is 1. The standard InChI is InChI=1S/C23H20N6OS/c1-14-6-2-5-9-19(14)29-21(17-12-24-18-8-4-3-7-16(17)18)26-27-23(29)31-13-20-25-22(30-28-20)15-10-11-15/h2-9,12,15,24H,10-11,13H2,1H3. The molecular weight excluding hydrogens is 408 g/mol. The predicted octanol–water partition coefficient (Wildman–Crippen LogP) is 5.28. The highest BCUT2D eigenvalue weighted by atomic mass is 32.2. The summed E-state index contributed by atoms with van der Waals surface area (Å²) in [7, 11) is 0. The normalized spacial score (nSPS) is 13.8. The van der Waals surface area contributed by atoms with Crippen LogP contribution in [0.3, 0.4) is 0 Å². The largest absolute Gasteiger partial charge is 0.360 e. The first-order valence-corrected chi connectivity index (χ1v) is 11.3. The average molecular weight is 429 g/mol. The van der Waals surface area contributed by atoms with Crippen LogP contribution >= 0.6 is 11.8 Å². The summed E-state index contributed by atoms with van der Waals surface area (Å²) in [6.07, 6.45) is 4.29. The predicted molar refractivity (Wildman–Crippen MR) is 119 cm³/mol. The second-order valence-corrected chi connectivity index (χ2v) is 8.73. The van der Waals surface area contributed by atoms with Crippen LogP contribution < -0.4 is 0 Å². The lowest BCUT2D eigenvalue weighted by atomic mass is 10.1. The van der Waals surface area contributed by atoms with Crippen molar-refractivity contribution in [2.45, 2.75) is 36.6 Å². The minimum absolute atomic E-state index is 0.454. The second-order valence-electron chi connectivity index (χ2n) is 7.79. The molecule has 154 valence electrons. The van der Waals surface area contributed by atoms with Crippen molar-refractivity contribution in [3.63, 3.8) is 0 Å². The summed E-state index contributed by atoms with van der Waals surface area (Å²) >= 11 is 1.57. The van der Waals surface area contributed by atoms with E-state index in [-0.39, 0.29) is 0 Å². The van der Waals surface area contributed by atoms with Gasteiger partial charge in [-0.2, -0.15) is 4.98 Å². The molecule has 5 aromatic rings. The number of aryl methyl sites for hydroxylation is 1. The summed E-state index contributed by atoms with van der Waals surface area (Å²) in [5.74, 6) is 3.29. The number of nitrogens with zero attached hydrogens (tertiary/aromatic N) is 5. The number of aromatic nitrogens is 6. The third-order valence-corrected chi connectivity index (χ3v) is 6.49. The Kier molecular flexibility index (Phi) is 4.38. The van der Waals surface area contributed by atoms with Crippen molar-refractivity contribution in [2.75, 3.05) is 0 Å². The summed E-state index contributed by atoms with van der Waals surface area (Å²) < 4.78 is 7.52. The number of fused-ring (bicyclic) bond motifs is 1. The molecule has 1 fully saturated rings. The Morgan fingerprint density at radius 3 is 2.81 bits per heavy atom. The van der Waals surface area contributed by atoms with Crippen molar-refractivity contribution in [1.29, 1.82) is 0 Å². The van der Waals surface area contributed by atoms with Crippen LogP contribution in [0.4, 0.5) is 0 Å². The van der Waals surface area contributed by atoms with Crippen LogP contribution in [0.5, 0.6) is 0 Å². The summed E-state index contributed by atoms with van der Waals surface area (Å²) in [6.45, 7) is 2.10. The first-order chi connectivity index (χ1) is 15.3. The summed E-state index contributed by atoms with van der Waals surface area (Å²) in [5.41, 5.74) is 4.31. The maximum atomic E-state index is 5.40. The van der Waals surface area contributed by atoms with Crippen LogP contribution in [0.2, 0.25) is 0 Å². The topological polar surface area (TPSA) is 85.4 Å². The molecule has 0 aliphatic heterocycles. The van der Waals surface area contributed by atoms with Gasteiger partial charge in [0.05, 0.1) is 11.4 Å². The molecule has 0 atom stereocenters. The van der Waals surface area contributed by atoms with Crippen molar-refractivity contribution in [1.82, 2.24) is 29.9 Å². The summed E-state index contributed by atoms with van der Waals surface area (Å²) in [4.78, 5) is 7.89. The lowest BCUT2D eigenvalue weighted by Crippen LogP contribution is -2.02. The second kappa shape index (κ2) is 7.39. The van der Waals surface area contributed by atoms with Crippen molar-refractivity contribution < 1.29 is 4.52 Å². The number of hydrogen-bond donors (Lipinski definition) is 1. The van der Waals surface area contributed by atoms with E-state index in [1.807, 2.05) is 30.5 Å². The Balaban J connectivity index is 1.41. The molecule has 1 saturated carbocycles. The van der Waals surface area contributed by atoms with Gasteiger partial charge in [0.1, 0.15) is 0 Å². The maximum Gasteiger partial charge on any atom is 0.229 e. The fourth-order valence-electron chi connectivity index (χ4n) is 3.78. The SMILES string of the molecule is Cc1ccccc1-n1c(SCc2noc(C3CC3)n2)nnc1-c1c[nH]c2ccccc12. The molecule has 1 aliphatic carbocycles. The van der Waals surface area contributed by atoms with Gasteiger partial charge in [0, 0.05) is 28.6 Å². The van der Waals surface area contributed by atoms with Crippen LogP contribution in [-0.4, -0.2) is 29.9 Å². The lowest BCUT2D eigenvalue weighted by molar-refractivity contribution is 0.375. The Morgan fingerprint density at radius 1 is 1.10 bits per heavy atom. The van der Waals surface area contributed by atoms with Crippen LogP contribution in [0.1, 0.15) is 36.0 Å².